The molecule has 1 amide bonds. The molecule has 1 fully saturated rings. The fourth-order valence-corrected chi connectivity index (χ4v) is 3.19. The second-order valence-electron chi connectivity index (χ2n) is 8.12. The number of aromatic nitrogens is 3. The molecule has 10 nitrogen and oxygen atoms in total. The Kier molecular flexibility index (Phi) is 17.7. The number of ether oxygens (including phenoxy) is 4. The topological polar surface area (TPSA) is 108 Å². The highest BCUT2D eigenvalue weighted by atomic mass is 16.5. The normalized spacial score (nSPS) is 14.2. The van der Waals surface area contributed by atoms with E-state index < -0.39 is 0 Å². The van der Waals surface area contributed by atoms with E-state index >= 15 is 0 Å². The standard InChI is InChI=1S/C15H26N4O5.C8H18O/c1-18-10-13(16-17-18)11-23-8-6-22-7-9-24-12-15(21)19-4-2-14(20)3-5-19;1-3-4-5-6-7-8-9-2/h10,14,20H,2-9,11-12H2,1H3;3-8H2,1-2H3. The number of hydrogen-bond acceptors (Lipinski definition) is 8. The van der Waals surface area contributed by atoms with Gasteiger partial charge in [0, 0.05) is 33.9 Å². The Balaban J connectivity index is 0.000000513. The van der Waals surface area contributed by atoms with Crippen LogP contribution in [-0.2, 0) is 37.4 Å². The van der Waals surface area contributed by atoms with Gasteiger partial charge in [-0.1, -0.05) is 37.8 Å². The molecule has 0 spiro atoms. The van der Waals surface area contributed by atoms with Gasteiger partial charge >= 0.3 is 0 Å². The Bertz CT molecular complexity index is 587. The van der Waals surface area contributed by atoms with Gasteiger partial charge in [-0.05, 0) is 19.3 Å². The van der Waals surface area contributed by atoms with Crippen LogP contribution in [0.5, 0.6) is 0 Å². The number of aryl methyl sites for hydroxylation is 1. The summed E-state index contributed by atoms with van der Waals surface area (Å²) in [5.74, 6) is -0.0331. The Morgan fingerprint density at radius 2 is 1.70 bits per heavy atom. The van der Waals surface area contributed by atoms with Crippen LogP contribution in [0.1, 0.15) is 57.6 Å². The van der Waals surface area contributed by atoms with Gasteiger partial charge in [-0.2, -0.15) is 0 Å². The van der Waals surface area contributed by atoms with Crippen molar-refractivity contribution in [3.05, 3.63) is 11.9 Å². The third kappa shape index (κ3) is 15.8. The van der Waals surface area contributed by atoms with Gasteiger partial charge in [0.25, 0.3) is 0 Å². The van der Waals surface area contributed by atoms with Crippen molar-refractivity contribution in [3.8, 4) is 0 Å². The predicted octanol–water partition coefficient (Wildman–Crippen LogP) is 1.95. The van der Waals surface area contributed by atoms with Gasteiger partial charge in [-0.15, -0.1) is 5.10 Å². The molecule has 0 radical (unpaired) electrons. The number of methoxy groups -OCH3 is 1. The molecule has 2 rings (SSSR count). The quantitative estimate of drug-likeness (QED) is 0.364. The zero-order valence-electron chi connectivity index (χ0n) is 20.7. The van der Waals surface area contributed by atoms with Crippen LogP contribution < -0.4 is 0 Å². The first-order valence-corrected chi connectivity index (χ1v) is 12.1. The van der Waals surface area contributed by atoms with E-state index in [9.17, 15) is 9.90 Å². The molecule has 10 heteroatoms. The van der Waals surface area contributed by atoms with Crippen LogP contribution in [0.25, 0.3) is 0 Å². The van der Waals surface area contributed by atoms with Crippen molar-refractivity contribution in [2.45, 2.75) is 64.6 Å². The predicted molar refractivity (Wildman–Crippen MR) is 125 cm³/mol. The summed E-state index contributed by atoms with van der Waals surface area (Å²) in [6, 6.07) is 0. The first-order chi connectivity index (χ1) is 16.1. The van der Waals surface area contributed by atoms with Gasteiger partial charge in [-0.3, -0.25) is 9.48 Å². The molecule has 1 aromatic heterocycles. The molecule has 2 heterocycles. The minimum atomic E-state index is -0.278. The maximum absolute atomic E-state index is 11.9. The highest BCUT2D eigenvalue weighted by Gasteiger charge is 2.20. The van der Waals surface area contributed by atoms with Gasteiger partial charge in [0.1, 0.15) is 12.3 Å². The molecule has 0 aliphatic carbocycles. The van der Waals surface area contributed by atoms with Crippen molar-refractivity contribution in [2.75, 3.05) is 59.8 Å². The van der Waals surface area contributed by atoms with Crippen molar-refractivity contribution in [2.24, 2.45) is 7.05 Å². The average molecular weight is 473 g/mol. The molecule has 192 valence electrons. The molecule has 0 atom stereocenters. The summed E-state index contributed by atoms with van der Waals surface area (Å²) in [6.45, 7) is 6.54. The molecular weight excluding hydrogens is 428 g/mol. The minimum Gasteiger partial charge on any atom is -0.393 e. The first kappa shape index (κ1) is 29.4. The van der Waals surface area contributed by atoms with Crippen LogP contribution in [0.2, 0.25) is 0 Å². The fraction of sp³-hybridized carbons (Fsp3) is 0.870. The van der Waals surface area contributed by atoms with Crippen LogP contribution in [0, 0.1) is 0 Å². The van der Waals surface area contributed by atoms with Crippen molar-refractivity contribution in [3.63, 3.8) is 0 Å². The van der Waals surface area contributed by atoms with Gasteiger partial charge < -0.3 is 29.0 Å². The molecule has 0 bridgehead atoms. The number of nitrogens with zero attached hydrogens (tertiary/aromatic N) is 4. The maximum atomic E-state index is 11.9. The lowest BCUT2D eigenvalue weighted by Crippen LogP contribution is -2.41. The Hall–Kier alpha value is -1.59. The number of unbranched alkanes of at least 4 members (excludes halogenated alkanes) is 4. The van der Waals surface area contributed by atoms with Gasteiger partial charge in [0.05, 0.1) is 45.3 Å². The minimum absolute atomic E-state index is 0.0331. The summed E-state index contributed by atoms with van der Waals surface area (Å²) in [5.41, 5.74) is 0.782. The van der Waals surface area contributed by atoms with Crippen molar-refractivity contribution < 1.29 is 28.8 Å². The van der Waals surface area contributed by atoms with Crippen LogP contribution in [0.3, 0.4) is 0 Å². The number of amides is 1. The second kappa shape index (κ2) is 19.8. The SMILES string of the molecule is CCCCCCCOC.Cn1cc(COCCOCCOCC(=O)N2CCC(O)CC2)nn1. The number of piperidine rings is 1. The average Bonchev–Trinajstić information content (AvgIpc) is 3.23. The molecule has 1 saturated heterocycles. The molecule has 1 aliphatic heterocycles. The highest BCUT2D eigenvalue weighted by molar-refractivity contribution is 5.77. The van der Waals surface area contributed by atoms with Crippen LogP contribution in [0.15, 0.2) is 6.20 Å². The van der Waals surface area contributed by atoms with Crippen molar-refractivity contribution in [1.29, 1.82) is 0 Å². The zero-order valence-corrected chi connectivity index (χ0v) is 20.7. The summed E-state index contributed by atoms with van der Waals surface area (Å²) < 4.78 is 22.6. The van der Waals surface area contributed by atoms with E-state index in [0.29, 0.717) is 59.0 Å². The van der Waals surface area contributed by atoms with Gasteiger partial charge in [0.2, 0.25) is 5.91 Å². The van der Waals surface area contributed by atoms with E-state index in [0.717, 1.165) is 12.3 Å². The molecule has 0 unspecified atom stereocenters. The van der Waals surface area contributed by atoms with E-state index in [4.69, 9.17) is 18.9 Å². The number of rotatable bonds is 16. The largest absolute Gasteiger partial charge is 0.393 e. The highest BCUT2D eigenvalue weighted by Crippen LogP contribution is 2.09. The number of carbonyl (C=O) groups excluding carboxylic acids is 1. The maximum Gasteiger partial charge on any atom is 0.248 e. The molecule has 0 aromatic carbocycles. The number of likely N-dealkylation sites (tertiary alicyclic amines) is 1. The molecular formula is C23H44N4O6. The molecule has 1 aromatic rings. The lowest BCUT2D eigenvalue weighted by atomic mass is 10.1. The van der Waals surface area contributed by atoms with E-state index in [2.05, 4.69) is 17.2 Å². The summed E-state index contributed by atoms with van der Waals surface area (Å²) in [4.78, 5) is 13.6. The Morgan fingerprint density at radius 3 is 2.33 bits per heavy atom. The molecule has 1 N–H and O–H groups in total. The summed E-state index contributed by atoms with van der Waals surface area (Å²) in [6.07, 6.45) is 9.45. The van der Waals surface area contributed by atoms with E-state index in [1.807, 2.05) is 0 Å². The third-order valence-electron chi connectivity index (χ3n) is 5.14. The van der Waals surface area contributed by atoms with Gasteiger partial charge in [0.15, 0.2) is 0 Å². The summed E-state index contributed by atoms with van der Waals surface area (Å²) >= 11 is 0. The first-order valence-electron chi connectivity index (χ1n) is 12.1. The lowest BCUT2D eigenvalue weighted by molar-refractivity contribution is -0.138. The van der Waals surface area contributed by atoms with Crippen molar-refractivity contribution in [1.82, 2.24) is 19.9 Å². The molecule has 0 saturated carbocycles. The summed E-state index contributed by atoms with van der Waals surface area (Å²) in [5, 5.41) is 17.1. The second-order valence-corrected chi connectivity index (χ2v) is 8.12. The monoisotopic (exact) mass is 472 g/mol. The van der Waals surface area contributed by atoms with Crippen LogP contribution in [0.4, 0.5) is 0 Å². The summed E-state index contributed by atoms with van der Waals surface area (Å²) in [7, 11) is 3.57. The van der Waals surface area contributed by atoms with E-state index in [1.54, 1.807) is 29.9 Å². The smallest absolute Gasteiger partial charge is 0.248 e. The van der Waals surface area contributed by atoms with Crippen LogP contribution in [-0.4, -0.2) is 96.9 Å². The molecule has 33 heavy (non-hydrogen) atoms. The third-order valence-corrected chi connectivity index (χ3v) is 5.14. The fourth-order valence-electron chi connectivity index (χ4n) is 3.19. The number of carbonyl (C=O) groups is 1. The van der Waals surface area contributed by atoms with Crippen molar-refractivity contribution >= 4 is 5.91 Å². The molecule has 1 aliphatic rings. The lowest BCUT2D eigenvalue weighted by Gasteiger charge is -2.29. The number of aliphatic hydroxyl groups excluding tert-OH is 1. The zero-order chi connectivity index (χ0) is 24.2. The van der Waals surface area contributed by atoms with Gasteiger partial charge in [-0.25, -0.2) is 0 Å². The Labute approximate surface area is 198 Å². The number of aliphatic hydroxyl groups is 1. The van der Waals surface area contributed by atoms with E-state index in [-0.39, 0.29) is 18.6 Å². The number of hydrogen-bond donors (Lipinski definition) is 1. The van der Waals surface area contributed by atoms with E-state index in [1.165, 1.54) is 32.1 Å². The van der Waals surface area contributed by atoms with Crippen LogP contribution >= 0.6 is 0 Å². The Morgan fingerprint density at radius 1 is 1.03 bits per heavy atom.